The van der Waals surface area contributed by atoms with Gasteiger partial charge in [0.2, 0.25) is 0 Å². The Balaban J connectivity index is 2.11. The van der Waals surface area contributed by atoms with Crippen molar-refractivity contribution < 1.29 is 13.9 Å². The number of hydrogen-bond acceptors (Lipinski definition) is 4. The van der Waals surface area contributed by atoms with Crippen LogP contribution in [0.3, 0.4) is 0 Å². The summed E-state index contributed by atoms with van der Waals surface area (Å²) < 4.78 is 10.6. The molecule has 0 spiro atoms. The number of hydrogen-bond donors (Lipinski definition) is 1. The fourth-order valence-electron chi connectivity index (χ4n) is 2.04. The Bertz CT molecular complexity index is 822. The molecule has 0 aliphatic heterocycles. The van der Waals surface area contributed by atoms with Crippen LogP contribution in [-0.2, 0) is 9.53 Å². The van der Waals surface area contributed by atoms with Crippen LogP contribution in [0.15, 0.2) is 40.3 Å². The summed E-state index contributed by atoms with van der Waals surface area (Å²) in [6.45, 7) is 0.968. The molecule has 0 aliphatic rings. The second kappa shape index (κ2) is 9.28. The third-order valence-corrected chi connectivity index (χ3v) is 4.03. The van der Waals surface area contributed by atoms with Crippen LogP contribution < -0.4 is 5.32 Å². The van der Waals surface area contributed by atoms with Gasteiger partial charge in [-0.15, -0.1) is 0 Å². The van der Waals surface area contributed by atoms with Crippen LogP contribution in [0.2, 0.25) is 10.0 Å². The summed E-state index contributed by atoms with van der Waals surface area (Å²) in [7, 11) is 1.59. The Hall–Kier alpha value is -2.26. The zero-order valence-corrected chi connectivity index (χ0v) is 15.0. The van der Waals surface area contributed by atoms with E-state index >= 15 is 0 Å². The van der Waals surface area contributed by atoms with Crippen LogP contribution in [0, 0.1) is 11.3 Å². The van der Waals surface area contributed by atoms with E-state index in [1.807, 2.05) is 6.07 Å². The molecule has 1 N–H and O–H groups in total. The van der Waals surface area contributed by atoms with Crippen molar-refractivity contribution >= 4 is 35.2 Å². The van der Waals surface area contributed by atoms with Gasteiger partial charge in [0.25, 0.3) is 5.91 Å². The fourth-order valence-corrected chi connectivity index (χ4v) is 2.34. The van der Waals surface area contributed by atoms with E-state index in [-0.39, 0.29) is 5.57 Å². The first-order valence-corrected chi connectivity index (χ1v) is 8.25. The predicted molar refractivity (Wildman–Crippen MR) is 97.3 cm³/mol. The maximum absolute atomic E-state index is 12.0. The molecule has 0 saturated heterocycles. The number of ether oxygens (including phenoxy) is 1. The first-order chi connectivity index (χ1) is 12.0. The van der Waals surface area contributed by atoms with Crippen LogP contribution >= 0.6 is 23.2 Å². The van der Waals surface area contributed by atoms with Gasteiger partial charge in [-0.1, -0.05) is 23.2 Å². The molecule has 0 saturated carbocycles. The first-order valence-electron chi connectivity index (χ1n) is 7.49. The lowest BCUT2D eigenvalue weighted by Gasteiger charge is -2.03. The summed E-state index contributed by atoms with van der Waals surface area (Å²) >= 11 is 11.9. The van der Waals surface area contributed by atoms with Crippen LogP contribution in [0.4, 0.5) is 0 Å². The molecule has 0 bridgehead atoms. The Morgan fingerprint density at radius 2 is 2.12 bits per heavy atom. The number of carbonyl (C=O) groups excluding carboxylic acids is 1. The van der Waals surface area contributed by atoms with Crippen molar-refractivity contribution in [3.63, 3.8) is 0 Å². The van der Waals surface area contributed by atoms with E-state index in [0.717, 1.165) is 5.56 Å². The highest BCUT2D eigenvalue weighted by Gasteiger charge is 2.11. The monoisotopic (exact) mass is 378 g/mol. The number of benzene rings is 1. The molecule has 1 aromatic carbocycles. The molecule has 1 aromatic heterocycles. The summed E-state index contributed by atoms with van der Waals surface area (Å²) in [4.78, 5) is 12.0. The minimum Gasteiger partial charge on any atom is -0.457 e. The number of halogens is 2. The summed E-state index contributed by atoms with van der Waals surface area (Å²) in [5.41, 5.74) is 0.712. The molecule has 25 heavy (non-hydrogen) atoms. The summed E-state index contributed by atoms with van der Waals surface area (Å²) in [5, 5.41) is 12.7. The van der Waals surface area contributed by atoms with Crippen LogP contribution in [0.5, 0.6) is 0 Å². The van der Waals surface area contributed by atoms with E-state index in [0.29, 0.717) is 41.1 Å². The van der Waals surface area contributed by atoms with Crippen molar-refractivity contribution in [2.24, 2.45) is 0 Å². The zero-order chi connectivity index (χ0) is 18.2. The number of nitrogens with zero attached hydrogens (tertiary/aromatic N) is 1. The van der Waals surface area contributed by atoms with Crippen molar-refractivity contribution in [3.8, 4) is 17.4 Å². The van der Waals surface area contributed by atoms with Crippen molar-refractivity contribution in [1.82, 2.24) is 5.32 Å². The van der Waals surface area contributed by atoms with E-state index in [9.17, 15) is 10.1 Å². The lowest BCUT2D eigenvalue weighted by molar-refractivity contribution is -0.117. The molecule has 130 valence electrons. The number of methoxy groups -OCH3 is 1. The molecule has 0 unspecified atom stereocenters. The summed E-state index contributed by atoms with van der Waals surface area (Å²) in [6.07, 6.45) is 2.07. The van der Waals surface area contributed by atoms with Gasteiger partial charge in [-0.2, -0.15) is 5.26 Å². The Morgan fingerprint density at radius 1 is 1.32 bits per heavy atom. The van der Waals surface area contributed by atoms with Gasteiger partial charge in [0, 0.05) is 31.9 Å². The SMILES string of the molecule is COCCCNC(=O)C(C#N)=Cc1ccc(-c2ccc(Cl)c(Cl)c2)o1. The standard InChI is InChI=1S/C18H16Cl2N2O3/c1-24-8-2-7-22-18(23)13(11-21)9-14-4-6-17(25-14)12-3-5-15(19)16(20)10-12/h3-6,9-10H,2,7-8H2,1H3,(H,22,23). The molecule has 5 nitrogen and oxygen atoms in total. The molecule has 1 amide bonds. The largest absolute Gasteiger partial charge is 0.457 e. The minimum atomic E-state index is -0.453. The van der Waals surface area contributed by atoms with Gasteiger partial charge < -0.3 is 14.5 Å². The normalized spacial score (nSPS) is 11.2. The second-order valence-electron chi connectivity index (χ2n) is 5.10. The molecule has 2 aromatic rings. The van der Waals surface area contributed by atoms with Gasteiger partial charge in [-0.25, -0.2) is 0 Å². The first kappa shape index (κ1) is 19.1. The summed E-state index contributed by atoms with van der Waals surface area (Å²) in [5.74, 6) is 0.498. The smallest absolute Gasteiger partial charge is 0.262 e. The number of amides is 1. The van der Waals surface area contributed by atoms with Gasteiger partial charge in [0.1, 0.15) is 23.2 Å². The van der Waals surface area contributed by atoms with E-state index in [4.69, 9.17) is 32.4 Å². The highest BCUT2D eigenvalue weighted by atomic mass is 35.5. The Labute approximate surface area is 155 Å². The number of carbonyl (C=O) groups is 1. The molecule has 0 aliphatic carbocycles. The van der Waals surface area contributed by atoms with Crippen LogP contribution in [0.25, 0.3) is 17.4 Å². The number of furan rings is 1. The second-order valence-corrected chi connectivity index (χ2v) is 5.92. The number of nitrogens with one attached hydrogen (secondary N) is 1. The van der Waals surface area contributed by atoms with E-state index in [2.05, 4.69) is 5.32 Å². The van der Waals surface area contributed by atoms with Gasteiger partial charge in [-0.3, -0.25) is 4.79 Å². The minimum absolute atomic E-state index is 0.0348. The molecule has 0 fully saturated rings. The predicted octanol–water partition coefficient (Wildman–Crippen LogP) is 4.31. The molecular formula is C18H16Cl2N2O3. The average Bonchev–Trinajstić information content (AvgIpc) is 3.07. The lowest BCUT2D eigenvalue weighted by Crippen LogP contribution is -2.26. The lowest BCUT2D eigenvalue weighted by atomic mass is 10.2. The Kier molecular flexibility index (Phi) is 7.08. The highest BCUT2D eigenvalue weighted by Crippen LogP contribution is 2.30. The van der Waals surface area contributed by atoms with Crippen LogP contribution in [-0.4, -0.2) is 26.2 Å². The van der Waals surface area contributed by atoms with E-state index < -0.39 is 5.91 Å². The molecule has 2 rings (SSSR count). The number of rotatable bonds is 7. The molecule has 7 heteroatoms. The third-order valence-electron chi connectivity index (χ3n) is 3.29. The quantitative estimate of drug-likeness (QED) is 0.442. The van der Waals surface area contributed by atoms with E-state index in [1.165, 1.54) is 6.08 Å². The molecule has 1 heterocycles. The maximum atomic E-state index is 12.0. The van der Waals surface area contributed by atoms with E-state index in [1.54, 1.807) is 37.4 Å². The number of nitriles is 1. The zero-order valence-electron chi connectivity index (χ0n) is 13.5. The average molecular weight is 379 g/mol. The fraction of sp³-hybridized carbons (Fsp3) is 0.222. The molecule has 0 atom stereocenters. The van der Waals surface area contributed by atoms with Gasteiger partial charge >= 0.3 is 0 Å². The summed E-state index contributed by atoms with van der Waals surface area (Å²) in [6, 6.07) is 10.4. The molecular weight excluding hydrogens is 363 g/mol. The van der Waals surface area contributed by atoms with Crippen molar-refractivity contribution in [2.45, 2.75) is 6.42 Å². The van der Waals surface area contributed by atoms with Crippen molar-refractivity contribution in [3.05, 3.63) is 51.7 Å². The van der Waals surface area contributed by atoms with Crippen molar-refractivity contribution in [1.29, 1.82) is 5.26 Å². The van der Waals surface area contributed by atoms with Gasteiger partial charge in [-0.05, 0) is 36.8 Å². The highest BCUT2D eigenvalue weighted by molar-refractivity contribution is 6.42. The van der Waals surface area contributed by atoms with Gasteiger partial charge in [0.15, 0.2) is 0 Å². The van der Waals surface area contributed by atoms with Gasteiger partial charge in [0.05, 0.1) is 10.0 Å². The van der Waals surface area contributed by atoms with Crippen molar-refractivity contribution in [2.75, 3.05) is 20.3 Å². The third kappa shape index (κ3) is 5.36. The maximum Gasteiger partial charge on any atom is 0.262 e. The molecule has 0 radical (unpaired) electrons. The van der Waals surface area contributed by atoms with Crippen LogP contribution in [0.1, 0.15) is 12.2 Å². The Morgan fingerprint density at radius 3 is 2.80 bits per heavy atom. The topological polar surface area (TPSA) is 75.3 Å².